The van der Waals surface area contributed by atoms with Crippen molar-refractivity contribution in [1.29, 1.82) is 0 Å². The van der Waals surface area contributed by atoms with Crippen molar-refractivity contribution in [3.8, 4) is 0 Å². The van der Waals surface area contributed by atoms with Crippen molar-refractivity contribution in [3.05, 3.63) is 59.0 Å². The molecule has 1 atom stereocenters. The normalized spacial score (nSPS) is 12.8. The van der Waals surface area contributed by atoms with Crippen LogP contribution in [0.25, 0.3) is 0 Å². The zero-order chi connectivity index (χ0) is 14.5. The number of benzene rings is 1. The van der Waals surface area contributed by atoms with Crippen molar-refractivity contribution < 1.29 is 4.42 Å². The van der Waals surface area contributed by atoms with Gasteiger partial charge in [0.05, 0.1) is 6.04 Å². The summed E-state index contributed by atoms with van der Waals surface area (Å²) >= 11 is 0. The standard InChI is InChI=1S/C17H24N2O/c1-4-19(12-15-8-6-5-7-13(15)2)16(11-18)17-10-9-14(3)20-17/h5-10,16H,4,11-12,18H2,1-3H3. The summed E-state index contributed by atoms with van der Waals surface area (Å²) in [6.07, 6.45) is 0. The molecule has 0 bridgehead atoms. The van der Waals surface area contributed by atoms with Crippen molar-refractivity contribution in [1.82, 2.24) is 4.90 Å². The van der Waals surface area contributed by atoms with E-state index in [9.17, 15) is 0 Å². The molecular formula is C17H24N2O. The van der Waals surface area contributed by atoms with E-state index >= 15 is 0 Å². The highest BCUT2D eigenvalue weighted by atomic mass is 16.3. The molecule has 0 saturated carbocycles. The number of furan rings is 1. The van der Waals surface area contributed by atoms with E-state index in [1.165, 1.54) is 11.1 Å². The van der Waals surface area contributed by atoms with E-state index in [1.807, 2.05) is 19.1 Å². The number of hydrogen-bond donors (Lipinski definition) is 1. The molecule has 0 radical (unpaired) electrons. The fraction of sp³-hybridized carbons (Fsp3) is 0.412. The minimum atomic E-state index is 0.133. The lowest BCUT2D eigenvalue weighted by Crippen LogP contribution is -2.33. The van der Waals surface area contributed by atoms with E-state index in [-0.39, 0.29) is 6.04 Å². The van der Waals surface area contributed by atoms with E-state index in [4.69, 9.17) is 10.2 Å². The van der Waals surface area contributed by atoms with Gasteiger partial charge >= 0.3 is 0 Å². The van der Waals surface area contributed by atoms with Crippen LogP contribution in [0.15, 0.2) is 40.8 Å². The molecule has 2 rings (SSSR count). The number of rotatable bonds is 6. The molecule has 2 N–H and O–H groups in total. The van der Waals surface area contributed by atoms with E-state index in [0.29, 0.717) is 6.54 Å². The second kappa shape index (κ2) is 6.73. The monoisotopic (exact) mass is 272 g/mol. The quantitative estimate of drug-likeness (QED) is 0.876. The average Bonchev–Trinajstić information content (AvgIpc) is 2.87. The zero-order valence-electron chi connectivity index (χ0n) is 12.6. The Morgan fingerprint density at radius 1 is 1.15 bits per heavy atom. The first kappa shape index (κ1) is 14.8. The minimum Gasteiger partial charge on any atom is -0.465 e. The van der Waals surface area contributed by atoms with Gasteiger partial charge in [-0.05, 0) is 43.7 Å². The Kier molecular flexibility index (Phi) is 4.99. The van der Waals surface area contributed by atoms with Gasteiger partial charge in [-0.25, -0.2) is 0 Å². The third kappa shape index (κ3) is 3.30. The van der Waals surface area contributed by atoms with Crippen molar-refractivity contribution in [2.75, 3.05) is 13.1 Å². The van der Waals surface area contributed by atoms with Crippen LogP contribution in [0.1, 0.15) is 35.6 Å². The molecule has 0 spiro atoms. The van der Waals surface area contributed by atoms with Gasteiger partial charge in [-0.1, -0.05) is 31.2 Å². The Morgan fingerprint density at radius 2 is 1.90 bits per heavy atom. The summed E-state index contributed by atoms with van der Waals surface area (Å²) in [5.41, 5.74) is 8.64. The number of hydrogen-bond acceptors (Lipinski definition) is 3. The molecule has 1 aromatic heterocycles. The molecule has 0 aliphatic heterocycles. The van der Waals surface area contributed by atoms with Gasteiger partial charge in [0, 0.05) is 13.1 Å². The van der Waals surface area contributed by atoms with Crippen LogP contribution in [0.5, 0.6) is 0 Å². The third-order valence-corrected chi connectivity index (χ3v) is 3.79. The predicted molar refractivity (Wildman–Crippen MR) is 82.5 cm³/mol. The van der Waals surface area contributed by atoms with E-state index in [2.05, 4.69) is 43.0 Å². The first-order valence-electron chi connectivity index (χ1n) is 7.20. The summed E-state index contributed by atoms with van der Waals surface area (Å²) < 4.78 is 5.77. The molecule has 0 saturated heterocycles. The second-order valence-corrected chi connectivity index (χ2v) is 5.19. The number of likely N-dealkylation sites (N-methyl/N-ethyl adjacent to an activating group) is 1. The first-order valence-corrected chi connectivity index (χ1v) is 7.20. The summed E-state index contributed by atoms with van der Waals surface area (Å²) in [7, 11) is 0. The zero-order valence-corrected chi connectivity index (χ0v) is 12.6. The fourth-order valence-corrected chi connectivity index (χ4v) is 2.53. The van der Waals surface area contributed by atoms with E-state index in [0.717, 1.165) is 24.6 Å². The van der Waals surface area contributed by atoms with Gasteiger partial charge in [0.15, 0.2) is 0 Å². The maximum atomic E-state index is 5.98. The molecule has 20 heavy (non-hydrogen) atoms. The van der Waals surface area contributed by atoms with Crippen LogP contribution in [0, 0.1) is 13.8 Å². The van der Waals surface area contributed by atoms with Crippen LogP contribution in [0.4, 0.5) is 0 Å². The molecule has 1 aromatic carbocycles. The topological polar surface area (TPSA) is 42.4 Å². The number of nitrogens with two attached hydrogens (primary N) is 1. The van der Waals surface area contributed by atoms with Gasteiger partial charge in [0.25, 0.3) is 0 Å². The summed E-state index contributed by atoms with van der Waals surface area (Å²) in [6, 6.07) is 12.7. The number of nitrogens with zero attached hydrogens (tertiary/aromatic N) is 1. The lowest BCUT2D eigenvalue weighted by atomic mass is 10.1. The van der Waals surface area contributed by atoms with Crippen molar-refractivity contribution in [3.63, 3.8) is 0 Å². The Morgan fingerprint density at radius 3 is 2.45 bits per heavy atom. The Labute approximate surface area is 121 Å². The van der Waals surface area contributed by atoms with Crippen LogP contribution in [-0.2, 0) is 6.54 Å². The minimum absolute atomic E-state index is 0.133. The van der Waals surface area contributed by atoms with Gasteiger partial charge in [-0.2, -0.15) is 0 Å². The lowest BCUT2D eigenvalue weighted by molar-refractivity contribution is 0.178. The Balaban J connectivity index is 2.20. The molecule has 0 amide bonds. The number of aryl methyl sites for hydroxylation is 2. The van der Waals surface area contributed by atoms with Gasteiger partial charge < -0.3 is 10.2 Å². The SMILES string of the molecule is CCN(Cc1ccccc1C)C(CN)c1ccc(C)o1. The van der Waals surface area contributed by atoms with Crippen LogP contribution in [0.3, 0.4) is 0 Å². The molecule has 3 heteroatoms. The van der Waals surface area contributed by atoms with Crippen molar-refractivity contribution >= 4 is 0 Å². The molecule has 1 heterocycles. The average molecular weight is 272 g/mol. The Bertz CT molecular complexity index is 547. The van der Waals surface area contributed by atoms with Crippen LogP contribution in [-0.4, -0.2) is 18.0 Å². The van der Waals surface area contributed by atoms with Crippen LogP contribution < -0.4 is 5.73 Å². The molecular weight excluding hydrogens is 248 g/mol. The molecule has 0 aliphatic carbocycles. The molecule has 0 aliphatic rings. The van der Waals surface area contributed by atoms with Crippen LogP contribution >= 0.6 is 0 Å². The largest absolute Gasteiger partial charge is 0.465 e. The Hall–Kier alpha value is -1.58. The summed E-state index contributed by atoms with van der Waals surface area (Å²) in [5.74, 6) is 1.89. The maximum Gasteiger partial charge on any atom is 0.122 e. The van der Waals surface area contributed by atoms with Gasteiger partial charge in [-0.15, -0.1) is 0 Å². The predicted octanol–water partition coefficient (Wildman–Crippen LogP) is 3.42. The molecule has 3 nitrogen and oxygen atoms in total. The van der Waals surface area contributed by atoms with Gasteiger partial charge in [-0.3, -0.25) is 4.90 Å². The summed E-state index contributed by atoms with van der Waals surface area (Å²) in [4.78, 5) is 2.36. The highest BCUT2D eigenvalue weighted by molar-refractivity contribution is 5.25. The lowest BCUT2D eigenvalue weighted by Gasteiger charge is -2.29. The van der Waals surface area contributed by atoms with E-state index in [1.54, 1.807) is 0 Å². The van der Waals surface area contributed by atoms with Gasteiger partial charge in [0.2, 0.25) is 0 Å². The van der Waals surface area contributed by atoms with Crippen molar-refractivity contribution in [2.24, 2.45) is 5.73 Å². The highest BCUT2D eigenvalue weighted by Crippen LogP contribution is 2.24. The van der Waals surface area contributed by atoms with Crippen LogP contribution in [0.2, 0.25) is 0 Å². The van der Waals surface area contributed by atoms with Gasteiger partial charge in [0.1, 0.15) is 11.5 Å². The summed E-state index contributed by atoms with van der Waals surface area (Å²) in [6.45, 7) is 8.68. The summed E-state index contributed by atoms with van der Waals surface area (Å²) in [5, 5.41) is 0. The molecule has 0 fully saturated rings. The highest BCUT2D eigenvalue weighted by Gasteiger charge is 2.21. The van der Waals surface area contributed by atoms with Crippen molar-refractivity contribution in [2.45, 2.75) is 33.4 Å². The first-order chi connectivity index (χ1) is 9.65. The molecule has 2 aromatic rings. The second-order valence-electron chi connectivity index (χ2n) is 5.19. The maximum absolute atomic E-state index is 5.98. The fourth-order valence-electron chi connectivity index (χ4n) is 2.53. The molecule has 1 unspecified atom stereocenters. The molecule has 108 valence electrons. The third-order valence-electron chi connectivity index (χ3n) is 3.79. The van der Waals surface area contributed by atoms with E-state index < -0.39 is 0 Å². The smallest absolute Gasteiger partial charge is 0.122 e.